The van der Waals surface area contributed by atoms with Crippen LogP contribution in [-0.4, -0.2) is 18.5 Å². The van der Waals surface area contributed by atoms with Crippen LogP contribution in [0.1, 0.15) is 37.7 Å². The van der Waals surface area contributed by atoms with Crippen LogP contribution in [0.4, 0.5) is 18.9 Å². The Labute approximate surface area is 154 Å². The highest BCUT2D eigenvalue weighted by molar-refractivity contribution is 6.31. The summed E-state index contributed by atoms with van der Waals surface area (Å²) in [5.41, 5.74) is -1.10. The highest BCUT2D eigenvalue weighted by Gasteiger charge is 2.40. The van der Waals surface area contributed by atoms with E-state index in [1.54, 1.807) is 0 Å². The van der Waals surface area contributed by atoms with Gasteiger partial charge in [0, 0.05) is 12.1 Å². The Morgan fingerprint density at radius 1 is 1.23 bits per heavy atom. The molecular formula is C18H19ClF3NO3. The van der Waals surface area contributed by atoms with Gasteiger partial charge in [0.15, 0.2) is 6.61 Å². The van der Waals surface area contributed by atoms with Crippen molar-refractivity contribution in [3.63, 3.8) is 0 Å². The number of carbonyl (C=O) groups is 2. The number of benzene rings is 1. The van der Waals surface area contributed by atoms with Crippen molar-refractivity contribution in [2.45, 2.75) is 38.3 Å². The molecule has 2 saturated carbocycles. The lowest BCUT2D eigenvalue weighted by molar-refractivity contribution is -0.148. The number of anilines is 1. The molecular weight excluding hydrogens is 371 g/mol. The molecule has 1 N–H and O–H groups in total. The number of rotatable bonds is 5. The minimum atomic E-state index is -4.62. The Morgan fingerprint density at radius 2 is 2.00 bits per heavy atom. The number of hydrogen-bond donors (Lipinski definition) is 1. The number of fused-ring (bicyclic) bond motifs is 2. The molecule has 26 heavy (non-hydrogen) atoms. The summed E-state index contributed by atoms with van der Waals surface area (Å²) in [4.78, 5) is 23.7. The van der Waals surface area contributed by atoms with Crippen LogP contribution in [0.2, 0.25) is 5.02 Å². The molecule has 1 aromatic carbocycles. The first-order chi connectivity index (χ1) is 12.2. The van der Waals surface area contributed by atoms with E-state index in [4.69, 9.17) is 16.3 Å². The zero-order valence-electron chi connectivity index (χ0n) is 13.9. The van der Waals surface area contributed by atoms with Gasteiger partial charge in [0.2, 0.25) is 0 Å². The van der Waals surface area contributed by atoms with Crippen LogP contribution in [0.25, 0.3) is 0 Å². The lowest BCUT2D eigenvalue weighted by Gasteiger charge is -2.20. The summed E-state index contributed by atoms with van der Waals surface area (Å²) in [5, 5.41) is 1.83. The summed E-state index contributed by atoms with van der Waals surface area (Å²) < 4.78 is 43.4. The third kappa shape index (κ3) is 4.50. The molecule has 0 spiro atoms. The van der Waals surface area contributed by atoms with Crippen LogP contribution in [0.5, 0.6) is 0 Å². The topological polar surface area (TPSA) is 55.4 Å². The van der Waals surface area contributed by atoms with E-state index in [1.165, 1.54) is 18.9 Å². The summed E-state index contributed by atoms with van der Waals surface area (Å²) >= 11 is 5.53. The molecule has 3 atom stereocenters. The Kier molecular flexibility index (Phi) is 5.46. The standard InChI is InChI=1S/C18H19ClF3NO3/c19-15-4-3-13(8-14(15)18(20,21)22)23-16(24)9-26-17(25)7-12-6-10-1-2-11(12)5-10/h3-4,8,10-12H,1-2,5-7,9H2,(H,23,24)/t10-,11+,12+/m0/s1. The largest absolute Gasteiger partial charge is 0.456 e. The highest BCUT2D eigenvalue weighted by atomic mass is 35.5. The fraction of sp³-hybridized carbons (Fsp3) is 0.556. The number of carbonyl (C=O) groups excluding carboxylic acids is 2. The second kappa shape index (κ2) is 7.47. The van der Waals surface area contributed by atoms with Crippen molar-refractivity contribution in [2.75, 3.05) is 11.9 Å². The van der Waals surface area contributed by atoms with Gasteiger partial charge in [0.25, 0.3) is 5.91 Å². The number of ether oxygens (including phenoxy) is 1. The molecule has 2 fully saturated rings. The summed E-state index contributed by atoms with van der Waals surface area (Å²) in [6, 6.07) is 3.06. The van der Waals surface area contributed by atoms with Crippen molar-refractivity contribution in [1.82, 2.24) is 0 Å². The van der Waals surface area contributed by atoms with E-state index in [0.717, 1.165) is 25.0 Å². The molecule has 8 heteroatoms. The zero-order valence-corrected chi connectivity index (χ0v) is 14.7. The van der Waals surface area contributed by atoms with E-state index in [0.29, 0.717) is 24.2 Å². The van der Waals surface area contributed by atoms with Crippen LogP contribution in [0.3, 0.4) is 0 Å². The minimum absolute atomic E-state index is 0.0594. The average Bonchev–Trinajstić information content (AvgIpc) is 3.16. The Balaban J connectivity index is 1.47. The lowest BCUT2D eigenvalue weighted by Crippen LogP contribution is -2.23. The molecule has 0 heterocycles. The molecule has 2 aliphatic rings. The van der Waals surface area contributed by atoms with Gasteiger partial charge in [-0.3, -0.25) is 9.59 Å². The van der Waals surface area contributed by atoms with Crippen LogP contribution in [-0.2, 0) is 20.5 Å². The quantitative estimate of drug-likeness (QED) is 0.745. The summed E-state index contributed by atoms with van der Waals surface area (Å²) in [6.07, 6.45) is 0.285. The molecule has 4 nitrogen and oxygen atoms in total. The monoisotopic (exact) mass is 389 g/mol. The van der Waals surface area contributed by atoms with E-state index in [2.05, 4.69) is 5.32 Å². The number of alkyl halides is 3. The second-order valence-corrected chi connectivity index (χ2v) is 7.45. The summed E-state index contributed by atoms with van der Waals surface area (Å²) in [6.45, 7) is -0.524. The van der Waals surface area contributed by atoms with Crippen molar-refractivity contribution in [3.05, 3.63) is 28.8 Å². The van der Waals surface area contributed by atoms with Crippen molar-refractivity contribution in [1.29, 1.82) is 0 Å². The number of hydrogen-bond acceptors (Lipinski definition) is 3. The van der Waals surface area contributed by atoms with Gasteiger partial charge in [0.05, 0.1) is 10.6 Å². The van der Waals surface area contributed by atoms with Crippen molar-refractivity contribution in [3.8, 4) is 0 Å². The van der Waals surface area contributed by atoms with Crippen molar-refractivity contribution >= 4 is 29.2 Å². The van der Waals surface area contributed by atoms with Gasteiger partial charge in [0.1, 0.15) is 0 Å². The fourth-order valence-electron chi connectivity index (χ4n) is 4.06. The number of amides is 1. The second-order valence-electron chi connectivity index (χ2n) is 7.04. The maximum Gasteiger partial charge on any atom is 0.417 e. The lowest BCUT2D eigenvalue weighted by atomic mass is 9.86. The molecule has 1 aromatic rings. The van der Waals surface area contributed by atoms with E-state index in [-0.39, 0.29) is 5.69 Å². The van der Waals surface area contributed by atoms with Gasteiger partial charge in [-0.1, -0.05) is 18.0 Å². The van der Waals surface area contributed by atoms with Crippen LogP contribution >= 0.6 is 11.6 Å². The van der Waals surface area contributed by atoms with Crippen LogP contribution in [0.15, 0.2) is 18.2 Å². The molecule has 2 aliphatic carbocycles. The first-order valence-corrected chi connectivity index (χ1v) is 8.92. The molecule has 3 rings (SSSR count). The maximum atomic E-state index is 12.8. The van der Waals surface area contributed by atoms with Gasteiger partial charge in [-0.15, -0.1) is 0 Å². The first kappa shape index (κ1) is 19.0. The van der Waals surface area contributed by atoms with Gasteiger partial charge < -0.3 is 10.1 Å². The number of nitrogens with one attached hydrogen (secondary N) is 1. The molecule has 0 saturated heterocycles. The number of esters is 1. The van der Waals surface area contributed by atoms with E-state index >= 15 is 0 Å². The van der Waals surface area contributed by atoms with E-state index in [1.807, 2.05) is 0 Å². The summed E-state index contributed by atoms with van der Waals surface area (Å²) in [5.74, 6) is 0.492. The molecule has 0 radical (unpaired) electrons. The van der Waals surface area contributed by atoms with E-state index < -0.39 is 35.2 Å². The Morgan fingerprint density at radius 3 is 2.62 bits per heavy atom. The molecule has 0 aromatic heterocycles. The molecule has 142 valence electrons. The molecule has 2 bridgehead atoms. The zero-order chi connectivity index (χ0) is 18.9. The first-order valence-electron chi connectivity index (χ1n) is 8.54. The predicted octanol–water partition coefficient (Wildman–Crippen LogP) is 4.67. The maximum absolute atomic E-state index is 12.8. The smallest absolute Gasteiger partial charge is 0.417 e. The van der Waals surface area contributed by atoms with Gasteiger partial charge in [-0.25, -0.2) is 0 Å². The summed E-state index contributed by atoms with van der Waals surface area (Å²) in [7, 11) is 0. The Bertz CT molecular complexity index is 707. The molecule has 1 amide bonds. The van der Waals surface area contributed by atoms with Crippen molar-refractivity contribution in [2.24, 2.45) is 17.8 Å². The average molecular weight is 390 g/mol. The SMILES string of the molecule is O=C(COC(=O)C[C@H]1C[C@H]2CC[C@@H]1C2)Nc1ccc(Cl)c(C(F)(F)F)c1. The highest BCUT2D eigenvalue weighted by Crippen LogP contribution is 2.49. The number of halogens is 4. The molecule has 0 aliphatic heterocycles. The normalized spacial score (nSPS) is 24.5. The third-order valence-electron chi connectivity index (χ3n) is 5.23. The molecule has 0 unspecified atom stereocenters. The fourth-order valence-corrected chi connectivity index (χ4v) is 4.29. The van der Waals surface area contributed by atoms with Gasteiger partial charge in [-0.05, 0) is 55.2 Å². The predicted molar refractivity (Wildman–Crippen MR) is 89.6 cm³/mol. The third-order valence-corrected chi connectivity index (χ3v) is 5.56. The minimum Gasteiger partial charge on any atom is -0.456 e. The van der Waals surface area contributed by atoms with E-state index in [9.17, 15) is 22.8 Å². The van der Waals surface area contributed by atoms with Crippen LogP contribution < -0.4 is 5.32 Å². The Hall–Kier alpha value is -1.76. The van der Waals surface area contributed by atoms with Crippen molar-refractivity contribution < 1.29 is 27.5 Å². The van der Waals surface area contributed by atoms with Gasteiger partial charge in [-0.2, -0.15) is 13.2 Å². The van der Waals surface area contributed by atoms with Crippen LogP contribution in [0, 0.1) is 17.8 Å². The van der Waals surface area contributed by atoms with Gasteiger partial charge >= 0.3 is 12.1 Å².